The number of carbonyl (C=O) groups excluding carboxylic acids is 2. The Morgan fingerprint density at radius 3 is 2.25 bits per heavy atom. The summed E-state index contributed by atoms with van der Waals surface area (Å²) < 4.78 is 1.53. The first-order valence-corrected chi connectivity index (χ1v) is 20.0. The minimum Gasteiger partial charge on any atom is -0.338 e. The second-order valence-corrected chi connectivity index (χ2v) is 15.6. The number of anilines is 3. The molecule has 2 aromatic carbocycles. The molecular formula is C41H52N8O3S. The van der Waals surface area contributed by atoms with Crippen LogP contribution in [-0.4, -0.2) is 106 Å². The minimum atomic E-state index is -0.355. The lowest BCUT2D eigenvalue weighted by atomic mass is 9.99. The molecule has 0 saturated carbocycles. The third kappa shape index (κ3) is 8.11. The molecule has 2 amide bonds. The van der Waals surface area contributed by atoms with Gasteiger partial charge in [-0.15, -0.1) is 11.3 Å². The highest BCUT2D eigenvalue weighted by Crippen LogP contribution is 2.33. The summed E-state index contributed by atoms with van der Waals surface area (Å²) in [5.74, 6) is 0.265. The molecule has 4 aromatic rings. The maximum absolute atomic E-state index is 14.2. The van der Waals surface area contributed by atoms with Crippen molar-refractivity contribution in [2.45, 2.75) is 52.5 Å². The summed E-state index contributed by atoms with van der Waals surface area (Å²) in [4.78, 5) is 56.9. The fourth-order valence-electron chi connectivity index (χ4n) is 7.84. The number of nitrogens with one attached hydrogen (secondary N) is 2. The quantitative estimate of drug-likeness (QED) is 0.219. The molecule has 1 atom stereocenters. The van der Waals surface area contributed by atoms with Crippen molar-refractivity contribution in [1.29, 1.82) is 0 Å². The molecule has 280 valence electrons. The van der Waals surface area contributed by atoms with Gasteiger partial charge in [-0.3, -0.25) is 19.3 Å². The Balaban J connectivity index is 1.10. The van der Waals surface area contributed by atoms with E-state index < -0.39 is 0 Å². The fraction of sp³-hybridized carbons (Fsp3) is 0.463. The van der Waals surface area contributed by atoms with Crippen molar-refractivity contribution in [1.82, 2.24) is 29.2 Å². The van der Waals surface area contributed by atoms with Crippen molar-refractivity contribution >= 4 is 40.3 Å². The number of piperazine rings is 2. The topological polar surface area (TPSA) is 106 Å². The Morgan fingerprint density at radius 2 is 1.57 bits per heavy atom. The molecule has 0 spiro atoms. The monoisotopic (exact) mass is 736 g/mol. The van der Waals surface area contributed by atoms with Crippen molar-refractivity contribution < 1.29 is 9.59 Å². The number of thiophene rings is 1. The number of fused-ring (bicyclic) bond motifs is 1. The Bertz CT molecular complexity index is 1970. The Morgan fingerprint density at radius 1 is 0.887 bits per heavy atom. The largest absolute Gasteiger partial charge is 0.338 e. The van der Waals surface area contributed by atoms with Crippen LogP contribution in [0.25, 0.3) is 11.3 Å². The number of hydrogen-bond donors (Lipinski definition) is 2. The van der Waals surface area contributed by atoms with Gasteiger partial charge in [0.2, 0.25) is 5.91 Å². The highest BCUT2D eigenvalue weighted by Gasteiger charge is 2.34. The first kappa shape index (κ1) is 37.0. The number of amides is 2. The predicted octanol–water partition coefficient (Wildman–Crippen LogP) is 5.53. The van der Waals surface area contributed by atoms with Crippen LogP contribution in [0.1, 0.15) is 64.0 Å². The van der Waals surface area contributed by atoms with Crippen LogP contribution in [0.5, 0.6) is 0 Å². The Hall–Kier alpha value is -4.36. The average molecular weight is 737 g/mol. The van der Waals surface area contributed by atoms with Gasteiger partial charge in [0.05, 0.1) is 10.6 Å². The number of likely N-dealkylation sites (N-methyl/N-ethyl adjacent to an activating group) is 2. The number of aromatic nitrogens is 2. The number of benzene rings is 2. The summed E-state index contributed by atoms with van der Waals surface area (Å²) >= 11 is 1.60. The van der Waals surface area contributed by atoms with Crippen molar-refractivity contribution in [3.63, 3.8) is 0 Å². The summed E-state index contributed by atoms with van der Waals surface area (Å²) in [6.07, 6.45) is 6.18. The van der Waals surface area contributed by atoms with Crippen LogP contribution >= 0.6 is 11.3 Å². The van der Waals surface area contributed by atoms with Gasteiger partial charge >= 0.3 is 0 Å². The lowest BCUT2D eigenvalue weighted by molar-refractivity contribution is -0.140. The minimum absolute atomic E-state index is 0.102. The number of carbonyl (C=O) groups is 2. The molecule has 2 aliphatic heterocycles. The molecular weight excluding hydrogens is 685 g/mol. The third-order valence-corrected chi connectivity index (χ3v) is 12.5. The van der Waals surface area contributed by atoms with Crippen molar-refractivity contribution in [2.24, 2.45) is 7.05 Å². The van der Waals surface area contributed by atoms with Gasteiger partial charge in [0.25, 0.3) is 11.5 Å². The summed E-state index contributed by atoms with van der Waals surface area (Å²) in [7, 11) is 1.72. The molecule has 7 rings (SSSR count). The van der Waals surface area contributed by atoms with E-state index in [0.717, 1.165) is 99.9 Å². The Kier molecular flexibility index (Phi) is 11.4. The van der Waals surface area contributed by atoms with Crippen LogP contribution in [0.15, 0.2) is 59.5 Å². The van der Waals surface area contributed by atoms with E-state index in [1.54, 1.807) is 24.6 Å². The molecule has 1 unspecified atom stereocenters. The first-order chi connectivity index (χ1) is 25.7. The molecule has 2 N–H and O–H groups in total. The predicted molar refractivity (Wildman–Crippen MR) is 213 cm³/mol. The van der Waals surface area contributed by atoms with Gasteiger partial charge in [-0.1, -0.05) is 38.1 Å². The summed E-state index contributed by atoms with van der Waals surface area (Å²) in [5.41, 5.74) is 5.75. The molecule has 12 heteroatoms. The molecule has 1 aliphatic carbocycles. The van der Waals surface area contributed by atoms with E-state index in [9.17, 15) is 14.4 Å². The maximum atomic E-state index is 14.2. The standard InChI is InChI=1S/C41H52N8O3S/c1-5-46-18-22-48(23-19-46)37(40(51)49-24-20-47(6-2)21-25-49)29-14-16-31(17-15-29)42-38-41(52)45(4)27-34(43-38)32-11-9-12-33(28(32)3)44-39(50)36-26-30-10-7-8-13-35(30)53-36/h9,11-12,14-17,26-27,37H,5-8,10,13,18-25H2,1-4H3,(H,42,43)(H,44,50). The molecule has 11 nitrogen and oxygen atoms in total. The molecule has 2 fully saturated rings. The van der Waals surface area contributed by atoms with E-state index in [1.807, 2.05) is 60.4 Å². The first-order valence-electron chi connectivity index (χ1n) is 19.2. The van der Waals surface area contributed by atoms with Crippen LogP contribution < -0.4 is 16.2 Å². The highest BCUT2D eigenvalue weighted by atomic mass is 32.1. The molecule has 3 aliphatic rings. The van der Waals surface area contributed by atoms with E-state index in [4.69, 9.17) is 4.98 Å². The lowest BCUT2D eigenvalue weighted by Gasteiger charge is -2.42. The number of rotatable bonds is 10. The van der Waals surface area contributed by atoms with Crippen molar-refractivity contribution in [2.75, 3.05) is 76.1 Å². The van der Waals surface area contributed by atoms with Gasteiger partial charge in [0, 0.05) is 87.4 Å². The lowest BCUT2D eigenvalue weighted by Crippen LogP contribution is -2.54. The second kappa shape index (κ2) is 16.3. The van der Waals surface area contributed by atoms with Crippen LogP contribution in [-0.2, 0) is 24.7 Å². The van der Waals surface area contributed by atoms with Crippen LogP contribution in [0.4, 0.5) is 17.2 Å². The van der Waals surface area contributed by atoms with E-state index >= 15 is 0 Å². The molecule has 2 aromatic heterocycles. The van der Waals surface area contributed by atoms with Crippen LogP contribution in [0.3, 0.4) is 0 Å². The molecule has 0 bridgehead atoms. The van der Waals surface area contributed by atoms with Gasteiger partial charge < -0.3 is 29.9 Å². The molecule has 4 heterocycles. The Labute approximate surface area is 316 Å². The van der Waals surface area contributed by atoms with E-state index in [-0.39, 0.29) is 29.2 Å². The summed E-state index contributed by atoms with van der Waals surface area (Å²) in [5, 5.41) is 6.39. The average Bonchev–Trinajstić information content (AvgIpc) is 3.63. The normalized spacial score (nSPS) is 17.7. The van der Waals surface area contributed by atoms with Gasteiger partial charge in [0.1, 0.15) is 6.04 Å². The van der Waals surface area contributed by atoms with E-state index in [2.05, 4.69) is 39.2 Å². The van der Waals surface area contributed by atoms with Crippen LogP contribution in [0, 0.1) is 6.92 Å². The summed E-state index contributed by atoms with van der Waals surface area (Å²) in [6, 6.07) is 15.3. The van der Waals surface area contributed by atoms with Gasteiger partial charge in [-0.2, -0.15) is 0 Å². The van der Waals surface area contributed by atoms with Crippen LogP contribution in [0.2, 0.25) is 0 Å². The van der Waals surface area contributed by atoms with Crippen molar-refractivity contribution in [3.05, 3.63) is 91.5 Å². The third-order valence-electron chi connectivity index (χ3n) is 11.2. The van der Waals surface area contributed by atoms with Crippen molar-refractivity contribution in [3.8, 4) is 11.3 Å². The zero-order valence-electron chi connectivity index (χ0n) is 31.5. The summed E-state index contributed by atoms with van der Waals surface area (Å²) in [6.45, 7) is 15.2. The molecule has 53 heavy (non-hydrogen) atoms. The number of nitrogens with zero attached hydrogens (tertiary/aromatic N) is 6. The highest BCUT2D eigenvalue weighted by molar-refractivity contribution is 7.14. The van der Waals surface area contributed by atoms with Gasteiger partial charge in [-0.05, 0) is 86.7 Å². The maximum Gasteiger partial charge on any atom is 0.293 e. The number of aryl methyl sites for hydroxylation is 3. The second-order valence-electron chi connectivity index (χ2n) is 14.5. The van der Waals surface area contributed by atoms with Gasteiger partial charge in [0.15, 0.2) is 5.82 Å². The van der Waals surface area contributed by atoms with E-state index in [0.29, 0.717) is 17.1 Å². The fourth-order valence-corrected chi connectivity index (χ4v) is 8.99. The molecule has 2 saturated heterocycles. The zero-order valence-corrected chi connectivity index (χ0v) is 32.3. The SMILES string of the molecule is CCN1CCN(C(=O)C(c2ccc(Nc3nc(-c4cccc(NC(=O)c5cc6c(s5)CCCC6)c4C)cn(C)c3=O)cc2)N2CCN(CC)CC2)CC1. The van der Waals surface area contributed by atoms with E-state index in [1.165, 1.54) is 27.8 Å². The number of hydrogen-bond acceptors (Lipinski definition) is 9. The molecule has 0 radical (unpaired) electrons. The van der Waals surface area contributed by atoms with Gasteiger partial charge in [-0.25, -0.2) is 4.98 Å². The zero-order chi connectivity index (χ0) is 37.1. The smallest absolute Gasteiger partial charge is 0.293 e.